The minimum atomic E-state index is -1.13. The Kier molecular flexibility index (Phi) is 8.86. The number of carbonyl (C=O) groups excluding carboxylic acids is 3. The molecule has 1 spiro atoms. The normalized spacial score (nSPS) is 32.0. The van der Waals surface area contributed by atoms with Crippen LogP contribution in [0.15, 0.2) is 25.3 Å². The second-order valence-corrected chi connectivity index (χ2v) is 11.3. The van der Waals surface area contributed by atoms with E-state index in [4.69, 9.17) is 4.74 Å². The lowest BCUT2D eigenvalue weighted by molar-refractivity contribution is -0.152. The summed E-state index contributed by atoms with van der Waals surface area (Å²) in [6.07, 6.45) is 4.56. The molecule has 0 saturated carbocycles. The molecule has 3 fully saturated rings. The third kappa shape index (κ3) is 4.48. The zero-order valence-electron chi connectivity index (χ0n) is 21.4. The number of likely N-dealkylation sites (tertiary alicyclic amines) is 1. The Morgan fingerprint density at radius 3 is 2.43 bits per heavy atom. The van der Waals surface area contributed by atoms with E-state index >= 15 is 0 Å². The third-order valence-electron chi connectivity index (χ3n) is 7.71. The molecule has 3 rings (SSSR count). The summed E-state index contributed by atoms with van der Waals surface area (Å²) in [6, 6.07) is -1.58. The molecule has 1 N–H and O–H groups in total. The standard InChI is InChI=1S/C26H40BrN3O5/c1-7-11-28(12-8-2)23(32)19-20-24(33)30(17(10-4)15-31)22(25(34)29(13-9-3)16(5)6)26(20)14-18(27)21(19)35-26/h7,9,16-22,31H,1,3,8,10-15H2,2,4-6H3/t17-,18?,19+,20-,21+,22?,26?/m0/s1. The molecule has 7 atom stereocenters. The molecule has 3 heterocycles. The molecule has 0 aliphatic carbocycles. The second-order valence-electron chi connectivity index (χ2n) is 10.1. The van der Waals surface area contributed by atoms with Crippen molar-refractivity contribution in [2.24, 2.45) is 11.8 Å². The van der Waals surface area contributed by atoms with Gasteiger partial charge in [-0.15, -0.1) is 13.2 Å². The van der Waals surface area contributed by atoms with Gasteiger partial charge < -0.3 is 24.5 Å². The van der Waals surface area contributed by atoms with E-state index in [1.54, 1.807) is 22.0 Å². The Bertz CT molecular complexity index is 847. The summed E-state index contributed by atoms with van der Waals surface area (Å²) in [5, 5.41) is 10.2. The summed E-state index contributed by atoms with van der Waals surface area (Å²) in [6.45, 7) is 16.3. The number of alkyl halides is 1. The van der Waals surface area contributed by atoms with Crippen molar-refractivity contribution in [1.29, 1.82) is 0 Å². The van der Waals surface area contributed by atoms with Gasteiger partial charge in [0, 0.05) is 30.5 Å². The summed E-state index contributed by atoms with van der Waals surface area (Å²) in [7, 11) is 0. The van der Waals surface area contributed by atoms with E-state index < -0.39 is 35.6 Å². The fraction of sp³-hybridized carbons (Fsp3) is 0.731. The predicted molar refractivity (Wildman–Crippen MR) is 138 cm³/mol. The minimum Gasteiger partial charge on any atom is -0.394 e. The summed E-state index contributed by atoms with van der Waals surface area (Å²) >= 11 is 3.71. The van der Waals surface area contributed by atoms with Crippen LogP contribution in [0.25, 0.3) is 0 Å². The molecule has 3 aliphatic heterocycles. The molecule has 9 heteroatoms. The van der Waals surface area contributed by atoms with Crippen molar-refractivity contribution in [2.45, 2.75) is 81.6 Å². The van der Waals surface area contributed by atoms with Gasteiger partial charge in [-0.3, -0.25) is 14.4 Å². The highest BCUT2D eigenvalue weighted by Gasteiger charge is 2.77. The molecule has 8 nitrogen and oxygen atoms in total. The number of hydrogen-bond donors (Lipinski definition) is 1. The van der Waals surface area contributed by atoms with E-state index in [-0.39, 0.29) is 35.2 Å². The third-order valence-corrected chi connectivity index (χ3v) is 8.55. The van der Waals surface area contributed by atoms with Gasteiger partial charge in [-0.25, -0.2) is 0 Å². The van der Waals surface area contributed by atoms with Gasteiger partial charge in [0.2, 0.25) is 17.7 Å². The second kappa shape index (κ2) is 11.1. The first kappa shape index (κ1) is 27.9. The first-order valence-corrected chi connectivity index (χ1v) is 13.6. The van der Waals surface area contributed by atoms with Crippen LogP contribution in [0.3, 0.4) is 0 Å². The summed E-state index contributed by atoms with van der Waals surface area (Å²) in [4.78, 5) is 46.8. The highest BCUT2D eigenvalue weighted by atomic mass is 79.9. The van der Waals surface area contributed by atoms with Crippen LogP contribution >= 0.6 is 15.9 Å². The first-order valence-electron chi connectivity index (χ1n) is 12.7. The SMILES string of the molecule is C=CCN(CCC)C(=O)[C@H]1[C@@H]2OC3(CC2Br)C(C(=O)N(CC=C)C(C)C)N([C@@H](CC)CO)C(=O)[C@H]13. The molecule has 35 heavy (non-hydrogen) atoms. The number of amides is 3. The number of nitrogens with zero attached hydrogens (tertiary/aromatic N) is 3. The molecule has 0 aromatic heterocycles. The number of aliphatic hydroxyl groups is 1. The van der Waals surface area contributed by atoms with Crippen LogP contribution in [-0.2, 0) is 19.1 Å². The van der Waals surface area contributed by atoms with E-state index in [2.05, 4.69) is 29.1 Å². The Morgan fingerprint density at radius 1 is 1.26 bits per heavy atom. The van der Waals surface area contributed by atoms with Crippen molar-refractivity contribution in [1.82, 2.24) is 14.7 Å². The molecule has 3 saturated heterocycles. The van der Waals surface area contributed by atoms with Crippen molar-refractivity contribution < 1.29 is 24.2 Å². The Labute approximate surface area is 217 Å². The van der Waals surface area contributed by atoms with Crippen LogP contribution in [-0.4, -0.2) is 98.4 Å². The molecule has 3 amide bonds. The van der Waals surface area contributed by atoms with Gasteiger partial charge in [0.25, 0.3) is 0 Å². The number of carbonyl (C=O) groups is 3. The van der Waals surface area contributed by atoms with Crippen molar-refractivity contribution in [3.63, 3.8) is 0 Å². The van der Waals surface area contributed by atoms with Crippen LogP contribution in [0.2, 0.25) is 0 Å². The van der Waals surface area contributed by atoms with Crippen LogP contribution in [0.5, 0.6) is 0 Å². The Balaban J connectivity index is 2.13. The van der Waals surface area contributed by atoms with E-state index in [1.165, 1.54) is 4.90 Å². The number of ether oxygens (including phenoxy) is 1. The van der Waals surface area contributed by atoms with Crippen molar-refractivity contribution in [3.05, 3.63) is 25.3 Å². The van der Waals surface area contributed by atoms with E-state index in [0.29, 0.717) is 32.5 Å². The summed E-state index contributed by atoms with van der Waals surface area (Å²) < 4.78 is 6.58. The number of fused-ring (bicyclic) bond motifs is 1. The van der Waals surface area contributed by atoms with Crippen LogP contribution in [0, 0.1) is 11.8 Å². The van der Waals surface area contributed by atoms with E-state index in [0.717, 1.165) is 6.42 Å². The minimum absolute atomic E-state index is 0.120. The molecule has 0 aromatic carbocycles. The van der Waals surface area contributed by atoms with E-state index in [1.807, 2.05) is 27.7 Å². The van der Waals surface area contributed by atoms with Gasteiger partial charge in [-0.05, 0) is 33.1 Å². The van der Waals surface area contributed by atoms with Crippen molar-refractivity contribution in [3.8, 4) is 0 Å². The zero-order chi connectivity index (χ0) is 26.1. The molecule has 0 radical (unpaired) electrons. The average Bonchev–Trinajstić information content (AvgIpc) is 3.41. The maximum absolute atomic E-state index is 14.1. The summed E-state index contributed by atoms with van der Waals surface area (Å²) in [5.74, 6) is -2.12. The Morgan fingerprint density at radius 2 is 1.91 bits per heavy atom. The smallest absolute Gasteiger partial charge is 0.248 e. The average molecular weight is 555 g/mol. The molecular formula is C26H40BrN3O5. The molecule has 3 unspecified atom stereocenters. The molecular weight excluding hydrogens is 514 g/mol. The molecule has 2 bridgehead atoms. The maximum Gasteiger partial charge on any atom is 0.248 e. The number of hydrogen-bond acceptors (Lipinski definition) is 5. The van der Waals surface area contributed by atoms with Gasteiger partial charge in [-0.1, -0.05) is 41.9 Å². The Hall–Kier alpha value is -1.71. The number of rotatable bonds is 12. The van der Waals surface area contributed by atoms with Gasteiger partial charge >= 0.3 is 0 Å². The molecule has 3 aliphatic rings. The first-order chi connectivity index (χ1) is 16.6. The monoisotopic (exact) mass is 553 g/mol. The molecule has 196 valence electrons. The highest BCUT2D eigenvalue weighted by molar-refractivity contribution is 9.09. The lowest BCUT2D eigenvalue weighted by atomic mass is 9.70. The van der Waals surface area contributed by atoms with Crippen molar-refractivity contribution in [2.75, 3.05) is 26.2 Å². The molecule has 0 aromatic rings. The van der Waals surface area contributed by atoms with Crippen molar-refractivity contribution >= 4 is 33.7 Å². The van der Waals surface area contributed by atoms with Gasteiger partial charge in [-0.2, -0.15) is 0 Å². The zero-order valence-corrected chi connectivity index (χ0v) is 22.9. The maximum atomic E-state index is 14.1. The quantitative estimate of drug-likeness (QED) is 0.296. The fourth-order valence-electron chi connectivity index (χ4n) is 6.22. The fourth-order valence-corrected chi connectivity index (χ4v) is 7.16. The van der Waals surface area contributed by atoms with E-state index in [9.17, 15) is 19.5 Å². The van der Waals surface area contributed by atoms with Crippen LogP contribution in [0.1, 0.15) is 47.0 Å². The topological polar surface area (TPSA) is 90.4 Å². The predicted octanol–water partition coefficient (Wildman–Crippen LogP) is 2.35. The van der Waals surface area contributed by atoms with Gasteiger partial charge in [0.1, 0.15) is 11.6 Å². The number of aliphatic hydroxyl groups excluding tert-OH is 1. The number of halogens is 1. The van der Waals surface area contributed by atoms with Gasteiger partial charge in [0.15, 0.2) is 0 Å². The largest absolute Gasteiger partial charge is 0.394 e. The van der Waals surface area contributed by atoms with Crippen LogP contribution < -0.4 is 0 Å². The highest BCUT2D eigenvalue weighted by Crippen LogP contribution is 2.61. The lowest BCUT2D eigenvalue weighted by Crippen LogP contribution is -2.60. The van der Waals surface area contributed by atoms with Crippen LogP contribution in [0.4, 0.5) is 0 Å². The van der Waals surface area contributed by atoms with Gasteiger partial charge in [0.05, 0.1) is 30.6 Å². The summed E-state index contributed by atoms with van der Waals surface area (Å²) in [5.41, 5.74) is -1.13. The lowest BCUT2D eigenvalue weighted by Gasteiger charge is -2.40.